The Morgan fingerprint density at radius 2 is 2.00 bits per heavy atom. The Hall–Kier alpha value is -1.43. The average molecular weight is 255 g/mol. The van der Waals surface area contributed by atoms with Crippen molar-refractivity contribution in [3.63, 3.8) is 0 Å². The number of nitro groups is 1. The molecule has 1 heterocycles. The highest BCUT2D eigenvalue weighted by molar-refractivity contribution is 5.43. The van der Waals surface area contributed by atoms with Crippen LogP contribution in [0.1, 0.15) is 45.0 Å². The maximum absolute atomic E-state index is 11.2. The number of hydrogen-bond donors (Lipinski definition) is 1. The summed E-state index contributed by atoms with van der Waals surface area (Å²) in [6.07, 6.45) is -0.648. The van der Waals surface area contributed by atoms with E-state index in [9.17, 15) is 15.2 Å². The molecule has 2 unspecified atom stereocenters. The molecule has 18 heavy (non-hydrogen) atoms. The van der Waals surface area contributed by atoms with E-state index in [1.54, 1.807) is 18.5 Å². The van der Waals surface area contributed by atoms with E-state index in [2.05, 4.69) is 5.10 Å². The number of rotatable bonds is 5. The molecule has 0 aromatic carbocycles. The monoisotopic (exact) mass is 255 g/mol. The van der Waals surface area contributed by atoms with Crippen molar-refractivity contribution in [1.82, 2.24) is 9.78 Å². The molecule has 102 valence electrons. The van der Waals surface area contributed by atoms with Gasteiger partial charge in [0.25, 0.3) is 0 Å². The zero-order valence-corrected chi connectivity index (χ0v) is 11.5. The highest BCUT2D eigenvalue weighted by Gasteiger charge is 2.34. The molecular weight excluding hydrogens is 234 g/mol. The quantitative estimate of drug-likeness (QED) is 0.646. The van der Waals surface area contributed by atoms with Gasteiger partial charge in [0.2, 0.25) is 0 Å². The van der Waals surface area contributed by atoms with Gasteiger partial charge >= 0.3 is 5.69 Å². The smallest absolute Gasteiger partial charge is 0.313 e. The zero-order valence-electron chi connectivity index (χ0n) is 11.5. The summed E-state index contributed by atoms with van der Waals surface area (Å²) >= 11 is 0. The zero-order chi connectivity index (χ0) is 14.0. The highest BCUT2D eigenvalue weighted by Crippen LogP contribution is 2.36. The van der Waals surface area contributed by atoms with Crippen molar-refractivity contribution in [2.75, 3.05) is 0 Å². The van der Waals surface area contributed by atoms with Gasteiger partial charge < -0.3 is 5.11 Å². The topological polar surface area (TPSA) is 81.2 Å². The van der Waals surface area contributed by atoms with Crippen molar-refractivity contribution in [2.45, 2.75) is 53.2 Å². The number of hydrogen-bond acceptors (Lipinski definition) is 4. The number of aryl methyl sites for hydroxylation is 2. The molecular formula is C12H21N3O3. The van der Waals surface area contributed by atoms with E-state index in [1.807, 2.05) is 20.8 Å². The van der Waals surface area contributed by atoms with Gasteiger partial charge in [0, 0.05) is 12.5 Å². The van der Waals surface area contributed by atoms with Gasteiger partial charge in [0.05, 0.1) is 11.0 Å². The maximum Gasteiger partial charge on any atom is 0.313 e. The molecule has 0 fully saturated rings. The van der Waals surface area contributed by atoms with E-state index in [4.69, 9.17) is 0 Å². The van der Waals surface area contributed by atoms with Gasteiger partial charge in [-0.3, -0.25) is 14.8 Å². The van der Waals surface area contributed by atoms with Crippen LogP contribution in [0.3, 0.4) is 0 Å². The van der Waals surface area contributed by atoms with E-state index in [-0.39, 0.29) is 17.5 Å². The number of aliphatic hydroxyl groups is 1. The standard InChI is InChI=1S/C12H21N3O3/c1-6-14-12(10(7(2)3)9(5)16)11(15(17)18)8(4)13-14/h7,9-10,16H,6H2,1-5H3. The van der Waals surface area contributed by atoms with Crippen LogP contribution >= 0.6 is 0 Å². The third-order valence-electron chi connectivity index (χ3n) is 3.17. The van der Waals surface area contributed by atoms with Crippen molar-refractivity contribution in [3.8, 4) is 0 Å². The van der Waals surface area contributed by atoms with Crippen molar-refractivity contribution in [1.29, 1.82) is 0 Å². The van der Waals surface area contributed by atoms with Crippen LogP contribution in [0.4, 0.5) is 5.69 Å². The second-order valence-corrected chi connectivity index (χ2v) is 4.90. The molecule has 1 aromatic heterocycles. The van der Waals surface area contributed by atoms with Crippen LogP contribution in [-0.2, 0) is 6.54 Å². The minimum Gasteiger partial charge on any atom is -0.393 e. The molecule has 0 bridgehead atoms. The lowest BCUT2D eigenvalue weighted by Crippen LogP contribution is -2.24. The summed E-state index contributed by atoms with van der Waals surface area (Å²) < 4.78 is 1.63. The molecule has 1 rings (SSSR count). The summed E-state index contributed by atoms with van der Waals surface area (Å²) in [6, 6.07) is 0. The molecule has 0 radical (unpaired) electrons. The minimum atomic E-state index is -0.648. The second-order valence-electron chi connectivity index (χ2n) is 4.90. The molecule has 0 saturated carbocycles. The van der Waals surface area contributed by atoms with Crippen molar-refractivity contribution in [3.05, 3.63) is 21.5 Å². The molecule has 1 N–H and O–H groups in total. The van der Waals surface area contributed by atoms with Crippen LogP contribution in [0.25, 0.3) is 0 Å². The van der Waals surface area contributed by atoms with E-state index < -0.39 is 11.0 Å². The maximum atomic E-state index is 11.2. The molecule has 0 aliphatic rings. The number of aliphatic hydroxyl groups excluding tert-OH is 1. The van der Waals surface area contributed by atoms with Gasteiger partial charge in [0.15, 0.2) is 0 Å². The number of nitrogens with zero attached hydrogens (tertiary/aromatic N) is 3. The molecule has 6 heteroatoms. The summed E-state index contributed by atoms with van der Waals surface area (Å²) in [7, 11) is 0. The molecule has 6 nitrogen and oxygen atoms in total. The molecule has 2 atom stereocenters. The van der Waals surface area contributed by atoms with Crippen LogP contribution in [0.5, 0.6) is 0 Å². The van der Waals surface area contributed by atoms with E-state index in [1.165, 1.54) is 0 Å². The van der Waals surface area contributed by atoms with Crippen LogP contribution < -0.4 is 0 Å². The lowest BCUT2D eigenvalue weighted by Gasteiger charge is -2.23. The molecule has 1 aromatic rings. The fraction of sp³-hybridized carbons (Fsp3) is 0.750. The largest absolute Gasteiger partial charge is 0.393 e. The molecule has 0 aliphatic heterocycles. The third-order valence-corrected chi connectivity index (χ3v) is 3.17. The highest BCUT2D eigenvalue weighted by atomic mass is 16.6. The SMILES string of the molecule is CCn1nc(C)c([N+](=O)[O-])c1C(C(C)C)C(C)O. The predicted octanol–water partition coefficient (Wildman–Crippen LogP) is 2.24. The third kappa shape index (κ3) is 2.53. The Balaban J connectivity index is 3.48. The first-order valence-corrected chi connectivity index (χ1v) is 6.20. The average Bonchev–Trinajstić information content (AvgIpc) is 2.54. The van der Waals surface area contributed by atoms with Crippen molar-refractivity contribution in [2.24, 2.45) is 5.92 Å². The van der Waals surface area contributed by atoms with Gasteiger partial charge in [-0.15, -0.1) is 0 Å². The Morgan fingerprint density at radius 3 is 2.33 bits per heavy atom. The molecule has 0 amide bonds. The molecule has 0 aliphatic carbocycles. The Bertz CT molecular complexity index is 430. The lowest BCUT2D eigenvalue weighted by molar-refractivity contribution is -0.386. The van der Waals surface area contributed by atoms with E-state index >= 15 is 0 Å². The summed E-state index contributed by atoms with van der Waals surface area (Å²) in [5, 5.41) is 25.3. The molecule has 0 spiro atoms. The molecule has 0 saturated heterocycles. The normalized spacial score (nSPS) is 14.8. The summed E-state index contributed by atoms with van der Waals surface area (Å²) in [4.78, 5) is 10.8. The van der Waals surface area contributed by atoms with E-state index in [0.29, 0.717) is 17.9 Å². The van der Waals surface area contributed by atoms with Crippen LogP contribution in [0.2, 0.25) is 0 Å². The summed E-state index contributed by atoms with van der Waals surface area (Å²) in [6.45, 7) is 9.63. The van der Waals surface area contributed by atoms with Gasteiger partial charge in [-0.1, -0.05) is 13.8 Å². The lowest BCUT2D eigenvalue weighted by atomic mass is 9.87. The van der Waals surface area contributed by atoms with Crippen molar-refractivity contribution >= 4 is 5.69 Å². The van der Waals surface area contributed by atoms with Crippen LogP contribution in [0, 0.1) is 23.0 Å². The Morgan fingerprint density at radius 1 is 1.44 bits per heavy atom. The van der Waals surface area contributed by atoms with Gasteiger partial charge in [-0.2, -0.15) is 5.10 Å². The fourth-order valence-electron chi connectivity index (χ4n) is 2.49. The first kappa shape index (κ1) is 14.6. The summed E-state index contributed by atoms with van der Waals surface area (Å²) in [5.41, 5.74) is 0.976. The second kappa shape index (κ2) is 5.48. The summed E-state index contributed by atoms with van der Waals surface area (Å²) in [5.74, 6) is -0.184. The Kier molecular flexibility index (Phi) is 4.45. The van der Waals surface area contributed by atoms with Gasteiger partial charge in [-0.25, -0.2) is 0 Å². The van der Waals surface area contributed by atoms with E-state index in [0.717, 1.165) is 0 Å². The van der Waals surface area contributed by atoms with Crippen LogP contribution in [-0.4, -0.2) is 25.9 Å². The minimum absolute atomic E-state index is 0.0384. The van der Waals surface area contributed by atoms with Gasteiger partial charge in [-0.05, 0) is 26.7 Å². The van der Waals surface area contributed by atoms with Gasteiger partial charge in [0.1, 0.15) is 11.4 Å². The first-order valence-electron chi connectivity index (χ1n) is 6.20. The fourth-order valence-corrected chi connectivity index (χ4v) is 2.49. The Labute approximate surface area is 107 Å². The predicted molar refractivity (Wildman–Crippen MR) is 68.6 cm³/mol. The first-order chi connectivity index (χ1) is 8.31. The number of aromatic nitrogens is 2. The van der Waals surface area contributed by atoms with Crippen LogP contribution in [0.15, 0.2) is 0 Å². The van der Waals surface area contributed by atoms with Crippen molar-refractivity contribution < 1.29 is 10.0 Å².